The Balaban J connectivity index is 1.45. The molecule has 4 aromatic rings. The molecule has 37 heavy (non-hydrogen) atoms. The summed E-state index contributed by atoms with van der Waals surface area (Å²) < 4.78 is 8.35. The lowest BCUT2D eigenvalue weighted by molar-refractivity contribution is -0.123. The number of thiocarbonyl (C=S) groups is 1. The van der Waals surface area contributed by atoms with Gasteiger partial charge in [-0.25, -0.2) is 4.68 Å². The van der Waals surface area contributed by atoms with Gasteiger partial charge in [0, 0.05) is 28.4 Å². The molecule has 1 aromatic heterocycles. The van der Waals surface area contributed by atoms with Crippen LogP contribution < -0.4 is 4.74 Å². The summed E-state index contributed by atoms with van der Waals surface area (Å²) in [6.07, 6.45) is 3.83. The van der Waals surface area contributed by atoms with Crippen LogP contribution in [0.3, 0.4) is 0 Å². The van der Waals surface area contributed by atoms with Crippen molar-refractivity contribution in [3.63, 3.8) is 0 Å². The molecule has 1 saturated heterocycles. The Morgan fingerprint density at radius 2 is 1.73 bits per heavy atom. The highest BCUT2D eigenvalue weighted by Gasteiger charge is 2.34. The van der Waals surface area contributed by atoms with E-state index in [1.165, 1.54) is 11.8 Å². The molecule has 0 N–H and O–H groups in total. The van der Waals surface area contributed by atoms with E-state index in [2.05, 4.69) is 0 Å². The van der Waals surface area contributed by atoms with Gasteiger partial charge in [-0.3, -0.25) is 9.69 Å². The molecule has 5 nitrogen and oxygen atoms in total. The second-order valence-electron chi connectivity index (χ2n) is 8.80. The monoisotopic (exact) mass is 545 g/mol. The lowest BCUT2D eigenvalue weighted by atomic mass is 10.1. The minimum Gasteiger partial charge on any atom is -0.489 e. The van der Waals surface area contributed by atoms with Gasteiger partial charge in [-0.2, -0.15) is 5.10 Å². The third kappa shape index (κ3) is 5.64. The highest BCUT2D eigenvalue weighted by molar-refractivity contribution is 8.26. The number of nitrogens with zero attached hydrogens (tertiary/aromatic N) is 3. The van der Waals surface area contributed by atoms with E-state index in [1.807, 2.05) is 110 Å². The van der Waals surface area contributed by atoms with E-state index >= 15 is 0 Å². The fraction of sp³-hybridized carbons (Fsp3) is 0.138. The zero-order valence-electron chi connectivity index (χ0n) is 20.3. The number of halogens is 1. The third-order valence-electron chi connectivity index (χ3n) is 5.84. The predicted octanol–water partition coefficient (Wildman–Crippen LogP) is 7.38. The Morgan fingerprint density at radius 3 is 2.38 bits per heavy atom. The van der Waals surface area contributed by atoms with Gasteiger partial charge in [0.25, 0.3) is 5.91 Å². The summed E-state index contributed by atoms with van der Waals surface area (Å²) in [6, 6.07) is 25.3. The standard InChI is InChI=1S/C29H24ClN3O2S2/c1-19(2)33-28(34)26(37-29(33)36)16-22-17-32(24-6-4-3-5-7-24)31-27(22)21-10-14-25(15-11-21)35-18-20-8-12-23(30)13-9-20/h3-17,19H,18H2,1-2H3. The molecule has 1 amide bonds. The lowest BCUT2D eigenvalue weighted by Crippen LogP contribution is -2.34. The number of hydrogen-bond donors (Lipinski definition) is 0. The van der Waals surface area contributed by atoms with Crippen LogP contribution in [0.4, 0.5) is 0 Å². The zero-order chi connectivity index (χ0) is 25.9. The molecule has 0 saturated carbocycles. The van der Waals surface area contributed by atoms with Gasteiger partial charge in [0.2, 0.25) is 0 Å². The largest absolute Gasteiger partial charge is 0.489 e. The van der Waals surface area contributed by atoms with Crippen molar-refractivity contribution >= 4 is 51.9 Å². The summed E-state index contributed by atoms with van der Waals surface area (Å²) in [7, 11) is 0. The van der Waals surface area contributed by atoms with Crippen LogP contribution in [0.1, 0.15) is 25.0 Å². The van der Waals surface area contributed by atoms with Crippen LogP contribution in [0.15, 0.2) is 90.0 Å². The van der Waals surface area contributed by atoms with E-state index in [1.54, 1.807) is 4.90 Å². The lowest BCUT2D eigenvalue weighted by Gasteiger charge is -2.18. The maximum Gasteiger partial charge on any atom is 0.266 e. The van der Waals surface area contributed by atoms with E-state index < -0.39 is 0 Å². The molecular weight excluding hydrogens is 522 g/mol. The van der Waals surface area contributed by atoms with E-state index in [0.29, 0.717) is 20.9 Å². The first-order valence-electron chi connectivity index (χ1n) is 11.8. The van der Waals surface area contributed by atoms with Crippen molar-refractivity contribution in [2.24, 2.45) is 0 Å². The summed E-state index contributed by atoms with van der Waals surface area (Å²) in [6.45, 7) is 4.37. The molecule has 2 heterocycles. The van der Waals surface area contributed by atoms with Crippen molar-refractivity contribution in [3.05, 3.63) is 106 Å². The van der Waals surface area contributed by atoms with Crippen molar-refractivity contribution in [1.29, 1.82) is 0 Å². The van der Waals surface area contributed by atoms with Crippen LogP contribution in [0.5, 0.6) is 5.75 Å². The van der Waals surface area contributed by atoms with Gasteiger partial charge in [0.1, 0.15) is 16.7 Å². The highest BCUT2D eigenvalue weighted by Crippen LogP contribution is 2.36. The van der Waals surface area contributed by atoms with E-state index in [9.17, 15) is 4.79 Å². The molecule has 0 radical (unpaired) electrons. The quantitative estimate of drug-likeness (QED) is 0.179. The van der Waals surface area contributed by atoms with Crippen LogP contribution in [-0.2, 0) is 11.4 Å². The molecule has 0 unspecified atom stereocenters. The Hall–Kier alpha value is -3.39. The highest BCUT2D eigenvalue weighted by atomic mass is 35.5. The van der Waals surface area contributed by atoms with Gasteiger partial charge >= 0.3 is 0 Å². The fourth-order valence-electron chi connectivity index (χ4n) is 3.95. The molecule has 0 spiro atoms. The molecule has 1 aliphatic heterocycles. The number of para-hydroxylation sites is 1. The number of ether oxygens (including phenoxy) is 1. The van der Waals surface area contributed by atoms with Gasteiger partial charge in [0.15, 0.2) is 0 Å². The topological polar surface area (TPSA) is 47.4 Å². The van der Waals surface area contributed by atoms with Crippen LogP contribution in [-0.4, -0.2) is 30.9 Å². The van der Waals surface area contributed by atoms with Gasteiger partial charge in [-0.05, 0) is 74.0 Å². The summed E-state index contributed by atoms with van der Waals surface area (Å²) in [5.41, 5.74) is 4.49. The van der Waals surface area contributed by atoms with E-state index in [0.717, 1.165) is 33.8 Å². The maximum atomic E-state index is 13.0. The molecule has 8 heteroatoms. The van der Waals surface area contributed by atoms with Crippen LogP contribution in [0.25, 0.3) is 23.0 Å². The number of carbonyl (C=O) groups is 1. The van der Waals surface area contributed by atoms with Gasteiger partial charge in [-0.15, -0.1) is 0 Å². The smallest absolute Gasteiger partial charge is 0.266 e. The molecule has 5 rings (SSSR count). The number of rotatable bonds is 7. The first-order chi connectivity index (χ1) is 17.9. The molecule has 1 aliphatic rings. The molecular formula is C29H24ClN3O2S2. The SMILES string of the molecule is CC(C)N1C(=O)C(=Cc2cn(-c3ccccc3)nc2-c2ccc(OCc3ccc(Cl)cc3)cc2)SC1=S. The average Bonchev–Trinajstić information content (AvgIpc) is 3.44. The normalized spacial score (nSPS) is 14.7. The Labute approximate surface area is 230 Å². The third-order valence-corrected chi connectivity index (χ3v) is 7.42. The Morgan fingerprint density at radius 1 is 1.03 bits per heavy atom. The van der Waals surface area contributed by atoms with Crippen LogP contribution >= 0.6 is 35.6 Å². The van der Waals surface area contributed by atoms with Crippen molar-refractivity contribution in [3.8, 4) is 22.7 Å². The van der Waals surface area contributed by atoms with Crippen LogP contribution in [0.2, 0.25) is 5.02 Å². The van der Waals surface area contributed by atoms with E-state index in [4.69, 9.17) is 33.7 Å². The molecule has 186 valence electrons. The van der Waals surface area contributed by atoms with Crippen molar-refractivity contribution in [2.75, 3.05) is 0 Å². The second-order valence-corrected chi connectivity index (χ2v) is 10.9. The average molecular weight is 546 g/mol. The van der Waals surface area contributed by atoms with Crippen molar-refractivity contribution in [2.45, 2.75) is 26.5 Å². The summed E-state index contributed by atoms with van der Waals surface area (Å²) in [5.74, 6) is 0.676. The first-order valence-corrected chi connectivity index (χ1v) is 13.4. The molecule has 0 bridgehead atoms. The number of amides is 1. The number of aromatic nitrogens is 2. The van der Waals surface area contributed by atoms with E-state index in [-0.39, 0.29) is 11.9 Å². The second kappa shape index (κ2) is 10.9. The first kappa shape index (κ1) is 25.3. The van der Waals surface area contributed by atoms with Crippen molar-refractivity contribution in [1.82, 2.24) is 14.7 Å². The zero-order valence-corrected chi connectivity index (χ0v) is 22.7. The fourth-order valence-corrected chi connectivity index (χ4v) is 5.59. The number of thioether (sulfide) groups is 1. The number of carbonyl (C=O) groups excluding carboxylic acids is 1. The van der Waals surface area contributed by atoms with Gasteiger partial charge in [-0.1, -0.05) is 65.9 Å². The molecule has 0 atom stereocenters. The summed E-state index contributed by atoms with van der Waals surface area (Å²) in [4.78, 5) is 15.3. The molecule has 0 aliphatic carbocycles. The summed E-state index contributed by atoms with van der Waals surface area (Å²) in [5, 5.41) is 5.57. The summed E-state index contributed by atoms with van der Waals surface area (Å²) >= 11 is 12.8. The number of benzene rings is 3. The van der Waals surface area contributed by atoms with Crippen molar-refractivity contribution < 1.29 is 9.53 Å². The molecule has 1 fully saturated rings. The Bertz CT molecular complexity index is 1460. The Kier molecular flexibility index (Phi) is 7.46. The van der Waals surface area contributed by atoms with Crippen LogP contribution in [0, 0.1) is 0 Å². The number of hydrogen-bond acceptors (Lipinski definition) is 5. The minimum absolute atomic E-state index is 0.00493. The maximum absolute atomic E-state index is 13.0. The van der Waals surface area contributed by atoms with Gasteiger partial charge < -0.3 is 4.74 Å². The predicted molar refractivity (Wildman–Crippen MR) is 155 cm³/mol. The minimum atomic E-state index is -0.0747. The molecule has 3 aromatic carbocycles. The van der Waals surface area contributed by atoms with Gasteiger partial charge in [0.05, 0.1) is 16.3 Å².